The molecule has 0 radical (unpaired) electrons. The fraction of sp³-hybridized carbons (Fsp3) is 0.176. The van der Waals surface area contributed by atoms with E-state index in [0.29, 0.717) is 0 Å². The largest absolute Gasteiger partial charge is 0.508 e. The van der Waals surface area contributed by atoms with Crippen LogP contribution in [0.15, 0.2) is 54.6 Å². The van der Waals surface area contributed by atoms with Crippen molar-refractivity contribution in [3.05, 3.63) is 65.7 Å². The molecule has 2 aromatic carbocycles. The molecule has 2 rings (SSSR count). The Kier molecular flexibility index (Phi) is 4.98. The minimum absolute atomic E-state index is 0.151. The van der Waals surface area contributed by atoms with Gasteiger partial charge in [0, 0.05) is 5.92 Å². The first-order chi connectivity index (χ1) is 10.1. The molecule has 110 valence electrons. The number of phenols is 2. The van der Waals surface area contributed by atoms with Gasteiger partial charge >= 0.3 is 0 Å². The van der Waals surface area contributed by atoms with Crippen LogP contribution in [0.3, 0.4) is 0 Å². The van der Waals surface area contributed by atoms with E-state index in [2.05, 4.69) is 0 Å². The number of rotatable bonds is 5. The Morgan fingerprint density at radius 2 is 1.38 bits per heavy atom. The monoisotopic (exact) mass is 286 g/mol. The molecule has 0 amide bonds. The van der Waals surface area contributed by atoms with Gasteiger partial charge in [0.1, 0.15) is 11.5 Å². The van der Waals surface area contributed by atoms with Crippen LogP contribution in [0.1, 0.15) is 17.0 Å². The van der Waals surface area contributed by atoms with Crippen molar-refractivity contribution in [2.45, 2.75) is 12.0 Å². The maximum Gasteiger partial charge on any atom is 0.115 e. The zero-order valence-electron chi connectivity index (χ0n) is 11.4. The highest BCUT2D eigenvalue weighted by molar-refractivity contribution is 5.52. The minimum Gasteiger partial charge on any atom is -0.508 e. The molecule has 0 heterocycles. The van der Waals surface area contributed by atoms with E-state index in [9.17, 15) is 20.4 Å². The fourth-order valence-corrected chi connectivity index (χ4v) is 2.07. The summed E-state index contributed by atoms with van der Waals surface area (Å²) in [5.74, 6) is -0.0412. The van der Waals surface area contributed by atoms with Crippen LogP contribution in [-0.4, -0.2) is 33.1 Å². The van der Waals surface area contributed by atoms with Crippen LogP contribution in [0, 0.1) is 0 Å². The second-order valence-electron chi connectivity index (χ2n) is 4.82. The number of aliphatic hydroxyl groups excluding tert-OH is 2. The molecular formula is C17H18O4. The maximum atomic E-state index is 9.96. The minimum atomic E-state index is -0.928. The summed E-state index contributed by atoms with van der Waals surface area (Å²) in [5.41, 5.74) is 1.67. The van der Waals surface area contributed by atoms with E-state index >= 15 is 0 Å². The van der Waals surface area contributed by atoms with Gasteiger partial charge in [-0.25, -0.2) is 0 Å². The Bertz CT molecular complexity index is 587. The summed E-state index contributed by atoms with van der Waals surface area (Å²) in [6.45, 7) is -0.356. The van der Waals surface area contributed by atoms with Gasteiger partial charge in [-0.1, -0.05) is 36.4 Å². The van der Waals surface area contributed by atoms with Crippen LogP contribution >= 0.6 is 0 Å². The first-order valence-electron chi connectivity index (χ1n) is 6.65. The molecule has 0 saturated carbocycles. The number of aliphatic hydroxyl groups is 2. The Hall–Kier alpha value is -2.30. The molecular weight excluding hydrogens is 268 g/mol. The second-order valence-corrected chi connectivity index (χ2v) is 4.82. The number of hydrogen-bond acceptors (Lipinski definition) is 4. The first-order valence-corrected chi connectivity index (χ1v) is 6.65. The maximum absolute atomic E-state index is 9.96. The smallest absolute Gasteiger partial charge is 0.115 e. The Labute approximate surface area is 123 Å². The van der Waals surface area contributed by atoms with Crippen molar-refractivity contribution in [2.24, 2.45) is 0 Å². The molecule has 21 heavy (non-hydrogen) atoms. The van der Waals surface area contributed by atoms with Gasteiger partial charge in [0.05, 0.1) is 12.7 Å². The lowest BCUT2D eigenvalue weighted by atomic mass is 9.92. The number of phenolic OH excluding ortho intramolecular Hbond substituents is 2. The lowest BCUT2D eigenvalue weighted by molar-refractivity contribution is 0.0842. The standard InChI is InChI=1S/C17H18O4/c18-11-17(21)16(13-4-8-15(20)9-5-13)10-3-12-1-6-14(19)7-2-12/h1-10,16-21H,11H2/b10-3+. The van der Waals surface area contributed by atoms with Crippen LogP contribution in [0.25, 0.3) is 6.08 Å². The average molecular weight is 286 g/mol. The van der Waals surface area contributed by atoms with Crippen molar-refractivity contribution in [3.63, 3.8) is 0 Å². The summed E-state index contributed by atoms with van der Waals surface area (Å²) in [5, 5.41) is 37.7. The van der Waals surface area contributed by atoms with Gasteiger partial charge in [0.2, 0.25) is 0 Å². The van der Waals surface area contributed by atoms with Gasteiger partial charge in [0.15, 0.2) is 0 Å². The number of benzene rings is 2. The predicted octanol–water partition coefficient (Wildman–Crippen LogP) is 2.25. The third-order valence-corrected chi connectivity index (χ3v) is 3.27. The van der Waals surface area contributed by atoms with Gasteiger partial charge in [0.25, 0.3) is 0 Å². The molecule has 0 spiro atoms. The number of hydrogen-bond donors (Lipinski definition) is 4. The van der Waals surface area contributed by atoms with E-state index in [1.165, 1.54) is 0 Å². The van der Waals surface area contributed by atoms with E-state index < -0.39 is 6.10 Å². The van der Waals surface area contributed by atoms with Crippen LogP contribution in [0.5, 0.6) is 11.5 Å². The molecule has 4 nitrogen and oxygen atoms in total. The molecule has 0 aliphatic heterocycles. The zero-order valence-corrected chi connectivity index (χ0v) is 11.4. The fourth-order valence-electron chi connectivity index (χ4n) is 2.07. The van der Waals surface area contributed by atoms with Crippen molar-refractivity contribution in [2.75, 3.05) is 6.61 Å². The first kappa shape index (κ1) is 15.1. The SMILES string of the molecule is OCC(O)C(/C=C/c1ccc(O)cc1)c1ccc(O)cc1. The summed E-state index contributed by atoms with van der Waals surface area (Å²) in [6, 6.07) is 13.2. The highest BCUT2D eigenvalue weighted by atomic mass is 16.3. The summed E-state index contributed by atoms with van der Waals surface area (Å²) >= 11 is 0. The summed E-state index contributed by atoms with van der Waals surface area (Å²) < 4.78 is 0. The highest BCUT2D eigenvalue weighted by Crippen LogP contribution is 2.25. The van der Waals surface area contributed by atoms with Gasteiger partial charge in [-0.05, 0) is 35.4 Å². The lowest BCUT2D eigenvalue weighted by Crippen LogP contribution is -2.20. The Morgan fingerprint density at radius 1 is 0.857 bits per heavy atom. The zero-order chi connectivity index (χ0) is 15.2. The molecule has 0 aliphatic rings. The molecule has 0 aromatic heterocycles. The van der Waals surface area contributed by atoms with Crippen LogP contribution in [-0.2, 0) is 0 Å². The van der Waals surface area contributed by atoms with Crippen molar-refractivity contribution in [1.82, 2.24) is 0 Å². The van der Waals surface area contributed by atoms with E-state index in [-0.39, 0.29) is 24.0 Å². The molecule has 4 N–H and O–H groups in total. The topological polar surface area (TPSA) is 80.9 Å². The molecule has 0 aliphatic carbocycles. The predicted molar refractivity (Wildman–Crippen MR) is 81.1 cm³/mol. The summed E-state index contributed by atoms with van der Waals surface area (Å²) in [7, 11) is 0. The van der Waals surface area contributed by atoms with Gasteiger partial charge in [-0.15, -0.1) is 0 Å². The highest BCUT2D eigenvalue weighted by Gasteiger charge is 2.17. The average Bonchev–Trinajstić information content (AvgIpc) is 2.50. The van der Waals surface area contributed by atoms with Crippen molar-refractivity contribution < 1.29 is 20.4 Å². The van der Waals surface area contributed by atoms with E-state index in [0.717, 1.165) is 11.1 Å². The van der Waals surface area contributed by atoms with Crippen molar-refractivity contribution >= 4 is 6.08 Å². The van der Waals surface area contributed by atoms with E-state index in [1.54, 1.807) is 54.6 Å². The molecule has 4 heteroatoms. The summed E-state index contributed by atoms with van der Waals surface area (Å²) in [6.07, 6.45) is 2.68. The molecule has 2 atom stereocenters. The number of aromatic hydroxyl groups is 2. The van der Waals surface area contributed by atoms with Gasteiger partial charge in [-0.2, -0.15) is 0 Å². The van der Waals surface area contributed by atoms with Gasteiger partial charge < -0.3 is 20.4 Å². The van der Waals surface area contributed by atoms with Crippen LogP contribution < -0.4 is 0 Å². The van der Waals surface area contributed by atoms with Crippen molar-refractivity contribution in [3.8, 4) is 11.5 Å². The molecule has 0 saturated heterocycles. The van der Waals surface area contributed by atoms with Crippen LogP contribution in [0.2, 0.25) is 0 Å². The van der Waals surface area contributed by atoms with Crippen molar-refractivity contribution in [1.29, 1.82) is 0 Å². The Morgan fingerprint density at radius 3 is 1.90 bits per heavy atom. The third-order valence-electron chi connectivity index (χ3n) is 3.27. The van der Waals surface area contributed by atoms with Gasteiger partial charge in [-0.3, -0.25) is 0 Å². The molecule has 2 unspecified atom stereocenters. The Balaban J connectivity index is 2.24. The molecule has 2 aromatic rings. The third kappa shape index (κ3) is 4.08. The van der Waals surface area contributed by atoms with Crippen LogP contribution in [0.4, 0.5) is 0 Å². The quantitative estimate of drug-likeness (QED) is 0.679. The molecule has 0 bridgehead atoms. The molecule has 0 fully saturated rings. The normalized spacial score (nSPS) is 14.2. The lowest BCUT2D eigenvalue weighted by Gasteiger charge is -2.18. The van der Waals surface area contributed by atoms with E-state index in [4.69, 9.17) is 0 Å². The summed E-state index contributed by atoms with van der Waals surface area (Å²) in [4.78, 5) is 0. The second kappa shape index (κ2) is 6.92. The van der Waals surface area contributed by atoms with E-state index in [1.807, 2.05) is 6.08 Å².